The standard InChI is InChI=1S/C33H37ClF3N3O5S/c1-3-30(32(42)38-24-12-6-4-7-13-24)39(21-23-11-10-14-26(19-23)45-2)31(41)22-40(46(43,44)27-15-8-5-9-16-27)25-17-18-29(34)28(20-25)33(35,36)37/h5,8-11,14-20,24,30H,3-4,6-7,12-13,21-22H2,1-2H3,(H,38,42). The summed E-state index contributed by atoms with van der Waals surface area (Å²) < 4.78 is 75.4. The van der Waals surface area contributed by atoms with E-state index in [1.807, 2.05) is 0 Å². The van der Waals surface area contributed by atoms with Gasteiger partial charge in [0.15, 0.2) is 0 Å². The number of amides is 2. The number of alkyl halides is 3. The number of carbonyl (C=O) groups excluding carboxylic acids is 2. The predicted octanol–water partition coefficient (Wildman–Crippen LogP) is 6.82. The van der Waals surface area contributed by atoms with Crippen LogP contribution in [0.5, 0.6) is 5.75 Å². The van der Waals surface area contributed by atoms with Crippen LogP contribution in [0.2, 0.25) is 5.02 Å². The lowest BCUT2D eigenvalue weighted by atomic mass is 9.95. The third-order valence-corrected chi connectivity index (χ3v) is 10.1. The van der Waals surface area contributed by atoms with E-state index in [0.717, 1.165) is 44.2 Å². The van der Waals surface area contributed by atoms with Gasteiger partial charge in [-0.3, -0.25) is 13.9 Å². The van der Waals surface area contributed by atoms with Crippen LogP contribution < -0.4 is 14.4 Å². The molecule has 8 nitrogen and oxygen atoms in total. The zero-order valence-electron chi connectivity index (χ0n) is 25.6. The Morgan fingerprint density at radius 2 is 1.70 bits per heavy atom. The number of methoxy groups -OCH3 is 1. The molecule has 0 radical (unpaired) electrons. The molecule has 1 atom stereocenters. The highest BCUT2D eigenvalue weighted by molar-refractivity contribution is 7.92. The van der Waals surface area contributed by atoms with Gasteiger partial charge in [-0.2, -0.15) is 13.2 Å². The maximum atomic E-state index is 14.3. The topological polar surface area (TPSA) is 96.0 Å². The first-order chi connectivity index (χ1) is 21.8. The van der Waals surface area contributed by atoms with Gasteiger partial charge < -0.3 is 15.0 Å². The van der Waals surface area contributed by atoms with E-state index < -0.39 is 51.0 Å². The van der Waals surface area contributed by atoms with Crippen molar-refractivity contribution in [3.05, 3.63) is 88.9 Å². The molecule has 1 saturated carbocycles. The predicted molar refractivity (Wildman–Crippen MR) is 170 cm³/mol. The van der Waals surface area contributed by atoms with Gasteiger partial charge in [-0.25, -0.2) is 8.42 Å². The highest BCUT2D eigenvalue weighted by atomic mass is 35.5. The summed E-state index contributed by atoms with van der Waals surface area (Å²) in [5.41, 5.74) is -1.05. The third kappa shape index (κ3) is 8.52. The fourth-order valence-corrected chi connectivity index (χ4v) is 7.22. The van der Waals surface area contributed by atoms with Crippen molar-refractivity contribution in [3.63, 3.8) is 0 Å². The number of ether oxygens (including phenoxy) is 1. The molecule has 1 aliphatic rings. The van der Waals surface area contributed by atoms with Crippen LogP contribution in [0.15, 0.2) is 77.7 Å². The lowest BCUT2D eigenvalue weighted by Gasteiger charge is -2.34. The number of benzene rings is 3. The van der Waals surface area contributed by atoms with E-state index >= 15 is 0 Å². The van der Waals surface area contributed by atoms with E-state index in [1.54, 1.807) is 37.3 Å². The monoisotopic (exact) mass is 679 g/mol. The molecule has 2 amide bonds. The Labute approximate surface area is 272 Å². The van der Waals surface area contributed by atoms with Crippen LogP contribution >= 0.6 is 11.6 Å². The lowest BCUT2D eigenvalue weighted by Crippen LogP contribution is -2.54. The van der Waals surface area contributed by atoms with Crippen LogP contribution in [-0.2, 0) is 32.3 Å². The first kappa shape index (κ1) is 35.1. The van der Waals surface area contributed by atoms with Crippen molar-refractivity contribution in [2.45, 2.75) is 75.1 Å². The molecular weight excluding hydrogens is 643 g/mol. The summed E-state index contributed by atoms with van der Waals surface area (Å²) >= 11 is 5.85. The molecule has 1 unspecified atom stereocenters. The second-order valence-corrected chi connectivity index (χ2v) is 13.4. The lowest BCUT2D eigenvalue weighted by molar-refractivity contribution is -0.140. The van der Waals surface area contributed by atoms with Crippen LogP contribution in [0, 0.1) is 0 Å². The normalized spacial score (nSPS) is 14.7. The molecule has 4 rings (SSSR count). The highest BCUT2D eigenvalue weighted by Gasteiger charge is 2.37. The Balaban J connectivity index is 1.77. The molecule has 3 aromatic carbocycles. The fourth-order valence-electron chi connectivity index (χ4n) is 5.57. The highest BCUT2D eigenvalue weighted by Crippen LogP contribution is 2.38. The fraction of sp³-hybridized carbons (Fsp3) is 0.394. The molecule has 248 valence electrons. The van der Waals surface area contributed by atoms with Crippen LogP contribution in [0.25, 0.3) is 0 Å². The Kier molecular flexibility index (Phi) is 11.6. The van der Waals surface area contributed by atoms with E-state index in [-0.39, 0.29) is 29.8 Å². The molecule has 0 spiro atoms. The average Bonchev–Trinajstić information content (AvgIpc) is 3.04. The van der Waals surface area contributed by atoms with Crippen molar-refractivity contribution in [1.82, 2.24) is 10.2 Å². The molecule has 0 aliphatic heterocycles. The van der Waals surface area contributed by atoms with Crippen molar-refractivity contribution < 1.29 is 35.9 Å². The number of anilines is 1. The van der Waals surface area contributed by atoms with Gasteiger partial charge in [0.05, 0.1) is 28.3 Å². The molecule has 3 aromatic rings. The van der Waals surface area contributed by atoms with E-state index in [1.165, 1.54) is 36.3 Å². The quantitative estimate of drug-likeness (QED) is 0.227. The second-order valence-electron chi connectivity index (χ2n) is 11.1. The summed E-state index contributed by atoms with van der Waals surface area (Å²) in [5.74, 6) is -0.649. The summed E-state index contributed by atoms with van der Waals surface area (Å²) in [6, 6.07) is 15.6. The van der Waals surface area contributed by atoms with Gasteiger partial charge in [0.25, 0.3) is 10.0 Å². The van der Waals surface area contributed by atoms with Crippen LogP contribution in [0.1, 0.15) is 56.6 Å². The minimum absolute atomic E-state index is 0.0473. The number of nitrogens with one attached hydrogen (secondary N) is 1. The summed E-state index contributed by atoms with van der Waals surface area (Å²) in [6.45, 7) is 0.776. The molecule has 46 heavy (non-hydrogen) atoms. The molecule has 0 heterocycles. The molecule has 0 saturated heterocycles. The summed E-state index contributed by atoms with van der Waals surface area (Å²) in [7, 11) is -3.07. The summed E-state index contributed by atoms with van der Waals surface area (Å²) in [6.07, 6.45) is -0.0268. The minimum Gasteiger partial charge on any atom is -0.497 e. The molecule has 13 heteroatoms. The van der Waals surface area contributed by atoms with Crippen molar-refractivity contribution >= 4 is 39.1 Å². The van der Waals surface area contributed by atoms with Crippen molar-refractivity contribution in [3.8, 4) is 5.75 Å². The maximum absolute atomic E-state index is 14.3. The Morgan fingerprint density at radius 3 is 2.33 bits per heavy atom. The number of nitrogens with zero attached hydrogens (tertiary/aromatic N) is 2. The van der Waals surface area contributed by atoms with Gasteiger partial charge in [-0.05, 0) is 67.3 Å². The van der Waals surface area contributed by atoms with Crippen molar-refractivity contribution in [1.29, 1.82) is 0 Å². The molecule has 1 aliphatic carbocycles. The van der Waals surface area contributed by atoms with E-state index in [0.29, 0.717) is 21.7 Å². The van der Waals surface area contributed by atoms with Crippen LogP contribution in [0.4, 0.5) is 18.9 Å². The number of rotatable bonds is 12. The number of hydrogen-bond donors (Lipinski definition) is 1. The Morgan fingerprint density at radius 1 is 1.00 bits per heavy atom. The molecule has 1 N–H and O–H groups in total. The zero-order valence-corrected chi connectivity index (χ0v) is 27.2. The Hall–Kier alpha value is -3.77. The van der Waals surface area contributed by atoms with Gasteiger partial charge >= 0.3 is 6.18 Å². The number of carbonyl (C=O) groups is 2. The van der Waals surface area contributed by atoms with Gasteiger partial charge in [0.1, 0.15) is 18.3 Å². The van der Waals surface area contributed by atoms with E-state index in [4.69, 9.17) is 16.3 Å². The van der Waals surface area contributed by atoms with Gasteiger partial charge in [-0.15, -0.1) is 0 Å². The van der Waals surface area contributed by atoms with Gasteiger partial charge in [-0.1, -0.05) is 68.1 Å². The average molecular weight is 680 g/mol. The zero-order chi connectivity index (χ0) is 33.5. The second kappa shape index (κ2) is 15.2. The molecule has 0 aromatic heterocycles. The molecule has 1 fully saturated rings. The largest absolute Gasteiger partial charge is 0.497 e. The van der Waals surface area contributed by atoms with Gasteiger partial charge in [0, 0.05) is 12.6 Å². The van der Waals surface area contributed by atoms with E-state index in [2.05, 4.69) is 5.32 Å². The molecular formula is C33H37ClF3N3O5S. The number of sulfonamides is 1. The summed E-state index contributed by atoms with van der Waals surface area (Å²) in [4.78, 5) is 29.0. The summed E-state index contributed by atoms with van der Waals surface area (Å²) in [5, 5.41) is 2.44. The number of hydrogen-bond acceptors (Lipinski definition) is 5. The SMILES string of the molecule is CCC(C(=O)NC1CCCCC1)N(Cc1cccc(OC)c1)C(=O)CN(c1ccc(Cl)c(C(F)(F)F)c1)S(=O)(=O)c1ccccc1. The first-order valence-electron chi connectivity index (χ1n) is 15.0. The third-order valence-electron chi connectivity index (χ3n) is 7.98. The van der Waals surface area contributed by atoms with Crippen molar-refractivity contribution in [2.24, 2.45) is 0 Å². The van der Waals surface area contributed by atoms with Crippen molar-refractivity contribution in [2.75, 3.05) is 18.0 Å². The first-order valence-corrected chi connectivity index (χ1v) is 16.8. The smallest absolute Gasteiger partial charge is 0.417 e. The molecule has 0 bridgehead atoms. The number of halogens is 4. The van der Waals surface area contributed by atoms with E-state index in [9.17, 15) is 31.2 Å². The maximum Gasteiger partial charge on any atom is 0.417 e. The Bertz CT molecular complexity index is 1620. The van der Waals surface area contributed by atoms with Gasteiger partial charge in [0.2, 0.25) is 11.8 Å². The van der Waals surface area contributed by atoms with Crippen LogP contribution in [0.3, 0.4) is 0 Å². The van der Waals surface area contributed by atoms with Crippen LogP contribution in [-0.4, -0.2) is 50.9 Å². The minimum atomic E-state index is -4.89.